The standard InChI is InChI=1S/C13H21NO2.ClH/c1-4-12(14)8-10-5-6-13(16-3)11(7-10)9-15-2;/h5-7,12H,4,8-9,14H2,1-3H3;1H. The zero-order valence-electron chi connectivity index (χ0n) is 10.7. The Labute approximate surface area is 110 Å². The molecule has 0 bridgehead atoms. The summed E-state index contributed by atoms with van der Waals surface area (Å²) >= 11 is 0. The number of hydrogen-bond acceptors (Lipinski definition) is 3. The van der Waals surface area contributed by atoms with Gasteiger partial charge >= 0.3 is 0 Å². The molecule has 98 valence electrons. The lowest BCUT2D eigenvalue weighted by atomic mass is 10.0. The Morgan fingerprint density at radius 2 is 2.00 bits per heavy atom. The van der Waals surface area contributed by atoms with Crippen molar-refractivity contribution >= 4 is 12.4 Å². The van der Waals surface area contributed by atoms with Crippen molar-refractivity contribution in [1.82, 2.24) is 0 Å². The largest absolute Gasteiger partial charge is 0.496 e. The van der Waals surface area contributed by atoms with Crippen LogP contribution >= 0.6 is 12.4 Å². The predicted octanol–water partition coefficient (Wildman–Crippen LogP) is 2.54. The van der Waals surface area contributed by atoms with E-state index >= 15 is 0 Å². The summed E-state index contributed by atoms with van der Waals surface area (Å²) in [4.78, 5) is 0. The van der Waals surface area contributed by atoms with Crippen LogP contribution in [0.25, 0.3) is 0 Å². The first kappa shape index (κ1) is 16.2. The zero-order valence-corrected chi connectivity index (χ0v) is 11.5. The Hall–Kier alpha value is -0.770. The molecule has 0 spiro atoms. The molecule has 0 heterocycles. The van der Waals surface area contributed by atoms with E-state index in [2.05, 4.69) is 19.1 Å². The van der Waals surface area contributed by atoms with Crippen molar-refractivity contribution < 1.29 is 9.47 Å². The Morgan fingerprint density at radius 1 is 1.29 bits per heavy atom. The molecule has 0 amide bonds. The lowest BCUT2D eigenvalue weighted by molar-refractivity contribution is 0.181. The number of nitrogens with two attached hydrogens (primary N) is 1. The van der Waals surface area contributed by atoms with Gasteiger partial charge in [-0.25, -0.2) is 0 Å². The van der Waals surface area contributed by atoms with Gasteiger partial charge in [0, 0.05) is 18.7 Å². The highest BCUT2D eigenvalue weighted by atomic mass is 35.5. The lowest BCUT2D eigenvalue weighted by Crippen LogP contribution is -2.21. The second-order valence-electron chi connectivity index (χ2n) is 3.95. The summed E-state index contributed by atoms with van der Waals surface area (Å²) < 4.78 is 10.4. The van der Waals surface area contributed by atoms with Crippen LogP contribution in [0.2, 0.25) is 0 Å². The van der Waals surface area contributed by atoms with Crippen LogP contribution in [-0.4, -0.2) is 20.3 Å². The Kier molecular flexibility index (Phi) is 7.96. The van der Waals surface area contributed by atoms with Crippen molar-refractivity contribution in [1.29, 1.82) is 0 Å². The van der Waals surface area contributed by atoms with Gasteiger partial charge in [-0.1, -0.05) is 13.0 Å². The minimum absolute atomic E-state index is 0. The lowest BCUT2D eigenvalue weighted by Gasteiger charge is -2.12. The van der Waals surface area contributed by atoms with Crippen LogP contribution in [0.4, 0.5) is 0 Å². The van der Waals surface area contributed by atoms with Gasteiger partial charge in [0.25, 0.3) is 0 Å². The molecule has 0 radical (unpaired) electrons. The molecule has 1 rings (SSSR count). The molecule has 4 heteroatoms. The Balaban J connectivity index is 0.00000256. The van der Waals surface area contributed by atoms with E-state index < -0.39 is 0 Å². The average Bonchev–Trinajstić information content (AvgIpc) is 2.30. The number of benzene rings is 1. The molecule has 0 fully saturated rings. The first-order chi connectivity index (χ1) is 7.71. The van der Waals surface area contributed by atoms with E-state index in [-0.39, 0.29) is 18.4 Å². The van der Waals surface area contributed by atoms with Crippen molar-refractivity contribution in [2.75, 3.05) is 14.2 Å². The summed E-state index contributed by atoms with van der Waals surface area (Å²) in [5.41, 5.74) is 8.25. The van der Waals surface area contributed by atoms with Crippen molar-refractivity contribution in [3.63, 3.8) is 0 Å². The number of halogens is 1. The van der Waals surface area contributed by atoms with Crippen molar-refractivity contribution in [3.05, 3.63) is 29.3 Å². The highest BCUT2D eigenvalue weighted by molar-refractivity contribution is 5.85. The van der Waals surface area contributed by atoms with E-state index in [1.165, 1.54) is 5.56 Å². The first-order valence-electron chi connectivity index (χ1n) is 5.61. The molecule has 1 aromatic rings. The molecule has 1 atom stereocenters. The maximum absolute atomic E-state index is 5.94. The minimum atomic E-state index is 0. The summed E-state index contributed by atoms with van der Waals surface area (Å²) in [7, 11) is 3.36. The quantitative estimate of drug-likeness (QED) is 0.854. The molecule has 0 saturated heterocycles. The summed E-state index contributed by atoms with van der Waals surface area (Å²) in [6, 6.07) is 6.38. The van der Waals surface area contributed by atoms with Crippen molar-refractivity contribution in [2.45, 2.75) is 32.4 Å². The highest BCUT2D eigenvalue weighted by Gasteiger charge is 2.06. The molecule has 3 nitrogen and oxygen atoms in total. The van der Waals surface area contributed by atoms with Gasteiger partial charge < -0.3 is 15.2 Å². The molecule has 0 aliphatic carbocycles. The molecule has 2 N–H and O–H groups in total. The smallest absolute Gasteiger partial charge is 0.124 e. The average molecular weight is 260 g/mol. The Morgan fingerprint density at radius 3 is 2.53 bits per heavy atom. The van der Waals surface area contributed by atoms with Crippen LogP contribution < -0.4 is 10.5 Å². The SMILES string of the molecule is CCC(N)Cc1ccc(OC)c(COC)c1.Cl. The van der Waals surface area contributed by atoms with Crippen LogP contribution in [-0.2, 0) is 17.8 Å². The van der Waals surface area contributed by atoms with Gasteiger partial charge in [-0.05, 0) is 30.5 Å². The number of methoxy groups -OCH3 is 2. The summed E-state index contributed by atoms with van der Waals surface area (Å²) in [5, 5.41) is 0. The normalized spacial score (nSPS) is 11.8. The molecular weight excluding hydrogens is 238 g/mol. The van der Waals surface area contributed by atoms with Crippen LogP contribution in [0, 0.1) is 0 Å². The van der Waals surface area contributed by atoms with E-state index in [0.717, 1.165) is 24.2 Å². The number of ether oxygens (including phenoxy) is 2. The van der Waals surface area contributed by atoms with Gasteiger partial charge in [-0.3, -0.25) is 0 Å². The van der Waals surface area contributed by atoms with E-state index in [4.69, 9.17) is 15.2 Å². The van der Waals surface area contributed by atoms with Gasteiger partial charge in [-0.15, -0.1) is 12.4 Å². The van der Waals surface area contributed by atoms with Crippen LogP contribution in [0.3, 0.4) is 0 Å². The topological polar surface area (TPSA) is 44.5 Å². The molecule has 0 saturated carbocycles. The summed E-state index contributed by atoms with van der Waals surface area (Å²) in [6.45, 7) is 2.67. The van der Waals surface area contributed by atoms with Crippen molar-refractivity contribution in [2.24, 2.45) is 5.73 Å². The third kappa shape index (κ3) is 4.94. The third-order valence-electron chi connectivity index (χ3n) is 2.67. The second kappa shape index (κ2) is 8.34. The van der Waals surface area contributed by atoms with Gasteiger partial charge in [0.15, 0.2) is 0 Å². The zero-order chi connectivity index (χ0) is 12.0. The van der Waals surface area contributed by atoms with E-state index in [1.807, 2.05) is 6.07 Å². The maximum Gasteiger partial charge on any atom is 0.124 e. The fourth-order valence-corrected chi connectivity index (χ4v) is 1.67. The second-order valence-corrected chi connectivity index (χ2v) is 3.95. The Bertz CT molecular complexity index is 331. The molecule has 17 heavy (non-hydrogen) atoms. The number of hydrogen-bond donors (Lipinski definition) is 1. The van der Waals surface area contributed by atoms with Gasteiger partial charge in [0.2, 0.25) is 0 Å². The van der Waals surface area contributed by atoms with Crippen LogP contribution in [0.15, 0.2) is 18.2 Å². The highest BCUT2D eigenvalue weighted by Crippen LogP contribution is 2.21. The number of rotatable bonds is 6. The molecule has 0 aliphatic heterocycles. The van der Waals surface area contributed by atoms with Crippen LogP contribution in [0.1, 0.15) is 24.5 Å². The molecule has 0 aromatic heterocycles. The van der Waals surface area contributed by atoms with Crippen molar-refractivity contribution in [3.8, 4) is 5.75 Å². The van der Waals surface area contributed by atoms with Gasteiger partial charge in [0.1, 0.15) is 5.75 Å². The summed E-state index contributed by atoms with van der Waals surface area (Å²) in [6.07, 6.45) is 1.89. The predicted molar refractivity (Wildman–Crippen MR) is 72.9 cm³/mol. The van der Waals surface area contributed by atoms with Crippen LogP contribution in [0.5, 0.6) is 5.75 Å². The van der Waals surface area contributed by atoms with E-state index in [0.29, 0.717) is 6.61 Å². The maximum atomic E-state index is 5.94. The molecule has 1 unspecified atom stereocenters. The van der Waals surface area contributed by atoms with E-state index in [1.54, 1.807) is 14.2 Å². The fraction of sp³-hybridized carbons (Fsp3) is 0.538. The van der Waals surface area contributed by atoms with Gasteiger partial charge in [-0.2, -0.15) is 0 Å². The summed E-state index contributed by atoms with van der Waals surface area (Å²) in [5.74, 6) is 0.871. The van der Waals surface area contributed by atoms with Gasteiger partial charge in [0.05, 0.1) is 13.7 Å². The van der Waals surface area contributed by atoms with E-state index in [9.17, 15) is 0 Å². The fourth-order valence-electron chi connectivity index (χ4n) is 1.67. The first-order valence-corrected chi connectivity index (χ1v) is 5.61. The third-order valence-corrected chi connectivity index (χ3v) is 2.67. The minimum Gasteiger partial charge on any atom is -0.496 e. The molecule has 0 aliphatic rings. The molecular formula is C13H22ClNO2. The molecule has 1 aromatic carbocycles. The monoisotopic (exact) mass is 259 g/mol.